The van der Waals surface area contributed by atoms with Gasteiger partial charge < -0.3 is 20.1 Å². The molecule has 18 heavy (non-hydrogen) atoms. The third-order valence-electron chi connectivity index (χ3n) is 3.06. The summed E-state index contributed by atoms with van der Waals surface area (Å²) in [5.74, 6) is -1.38. The fraction of sp³-hybridized carbons (Fsp3) is 0.727. The molecule has 0 bridgehead atoms. The van der Waals surface area contributed by atoms with E-state index in [1.54, 1.807) is 0 Å². The van der Waals surface area contributed by atoms with Crippen LogP contribution in [-0.2, 0) is 19.1 Å². The Morgan fingerprint density at radius 3 is 1.61 bits per heavy atom. The molecule has 7 nitrogen and oxygen atoms in total. The Bertz CT molecular complexity index is 313. The van der Waals surface area contributed by atoms with Crippen LogP contribution in [0.5, 0.6) is 0 Å². The number of rotatable bonds is 2. The summed E-state index contributed by atoms with van der Waals surface area (Å²) >= 11 is 0. The molecule has 0 aromatic carbocycles. The molecule has 100 valence electrons. The number of hydrogen-bond acceptors (Lipinski definition) is 7. The van der Waals surface area contributed by atoms with E-state index in [-0.39, 0.29) is 0 Å². The lowest BCUT2D eigenvalue weighted by atomic mass is 10.2. The van der Waals surface area contributed by atoms with E-state index in [9.17, 15) is 14.4 Å². The lowest BCUT2D eigenvalue weighted by Crippen LogP contribution is -2.37. The maximum absolute atomic E-state index is 11.4. The first kappa shape index (κ1) is 13.0. The van der Waals surface area contributed by atoms with Gasteiger partial charge in [0.2, 0.25) is 0 Å². The highest BCUT2D eigenvalue weighted by atomic mass is 16.8. The Labute approximate surface area is 104 Å². The van der Waals surface area contributed by atoms with E-state index in [0.717, 1.165) is 25.9 Å². The van der Waals surface area contributed by atoms with Crippen molar-refractivity contribution in [1.29, 1.82) is 0 Å². The number of hydrogen-bond donors (Lipinski definition) is 2. The summed E-state index contributed by atoms with van der Waals surface area (Å²) in [6, 6.07) is -0.950. The normalized spacial score (nSPS) is 26.9. The van der Waals surface area contributed by atoms with Crippen molar-refractivity contribution in [3.8, 4) is 0 Å². The quantitative estimate of drug-likeness (QED) is 0.517. The van der Waals surface area contributed by atoms with Crippen LogP contribution < -0.4 is 10.6 Å². The Balaban J connectivity index is 1.73. The molecule has 0 aromatic heterocycles. The molecule has 7 heteroatoms. The number of ether oxygens (including phenoxy) is 2. The van der Waals surface area contributed by atoms with Crippen molar-refractivity contribution >= 4 is 18.1 Å². The molecule has 2 aliphatic heterocycles. The molecule has 2 fully saturated rings. The van der Waals surface area contributed by atoms with Crippen LogP contribution in [-0.4, -0.2) is 43.3 Å². The van der Waals surface area contributed by atoms with E-state index < -0.39 is 30.2 Å². The first-order valence-corrected chi connectivity index (χ1v) is 6.11. The highest BCUT2D eigenvalue weighted by Gasteiger charge is 2.30. The molecule has 2 heterocycles. The zero-order valence-electron chi connectivity index (χ0n) is 9.94. The first-order chi connectivity index (χ1) is 8.66. The van der Waals surface area contributed by atoms with Crippen LogP contribution >= 0.6 is 0 Å². The molecule has 2 atom stereocenters. The van der Waals surface area contributed by atoms with Gasteiger partial charge in [-0.2, -0.15) is 0 Å². The smallest absolute Gasteiger partial charge is 0.359 e. The summed E-state index contributed by atoms with van der Waals surface area (Å²) < 4.78 is 8.91. The third kappa shape index (κ3) is 3.27. The van der Waals surface area contributed by atoms with Crippen molar-refractivity contribution < 1.29 is 23.9 Å². The molecule has 0 spiro atoms. The third-order valence-corrected chi connectivity index (χ3v) is 3.06. The van der Waals surface area contributed by atoms with Crippen LogP contribution in [0.4, 0.5) is 4.79 Å². The van der Waals surface area contributed by atoms with Crippen LogP contribution in [0.2, 0.25) is 0 Å². The molecule has 0 amide bonds. The van der Waals surface area contributed by atoms with Crippen molar-refractivity contribution in [2.24, 2.45) is 0 Å². The van der Waals surface area contributed by atoms with Crippen molar-refractivity contribution in [3.05, 3.63) is 0 Å². The predicted octanol–water partition coefficient (Wildman–Crippen LogP) is -0.303. The second-order valence-corrected chi connectivity index (χ2v) is 4.39. The van der Waals surface area contributed by atoms with Gasteiger partial charge in [0.25, 0.3) is 0 Å². The molecule has 2 aliphatic rings. The fourth-order valence-corrected chi connectivity index (χ4v) is 2.10. The highest BCUT2D eigenvalue weighted by molar-refractivity contribution is 5.92. The maximum Gasteiger partial charge on any atom is 0.524 e. The van der Waals surface area contributed by atoms with Gasteiger partial charge in [-0.3, -0.25) is 0 Å². The van der Waals surface area contributed by atoms with Gasteiger partial charge in [0, 0.05) is 0 Å². The van der Waals surface area contributed by atoms with Crippen LogP contribution in [0.15, 0.2) is 0 Å². The Kier molecular flexibility index (Phi) is 4.27. The van der Waals surface area contributed by atoms with Gasteiger partial charge in [0.15, 0.2) is 0 Å². The molecule has 0 radical (unpaired) electrons. The van der Waals surface area contributed by atoms with E-state index in [4.69, 9.17) is 0 Å². The Morgan fingerprint density at radius 2 is 1.28 bits per heavy atom. The molecule has 0 aliphatic carbocycles. The van der Waals surface area contributed by atoms with Crippen molar-refractivity contribution in [2.45, 2.75) is 37.8 Å². The molecule has 0 aromatic rings. The van der Waals surface area contributed by atoms with Crippen LogP contribution in [0.3, 0.4) is 0 Å². The van der Waals surface area contributed by atoms with Gasteiger partial charge in [-0.05, 0) is 38.8 Å². The lowest BCUT2D eigenvalue weighted by molar-refractivity contribution is -0.148. The largest absolute Gasteiger partial charge is 0.524 e. The maximum atomic E-state index is 11.4. The summed E-state index contributed by atoms with van der Waals surface area (Å²) in [5, 5.41) is 5.78. The Morgan fingerprint density at radius 1 is 0.833 bits per heavy atom. The van der Waals surface area contributed by atoms with Crippen LogP contribution in [0.25, 0.3) is 0 Å². The number of carbonyl (C=O) groups excluding carboxylic acids is 3. The monoisotopic (exact) mass is 256 g/mol. The van der Waals surface area contributed by atoms with Gasteiger partial charge in [0.05, 0.1) is 0 Å². The van der Waals surface area contributed by atoms with Gasteiger partial charge in [-0.25, -0.2) is 14.4 Å². The average Bonchev–Trinajstić information content (AvgIpc) is 3.02. The average molecular weight is 256 g/mol. The molecule has 2 rings (SSSR count). The predicted molar refractivity (Wildman–Crippen MR) is 59.6 cm³/mol. The van der Waals surface area contributed by atoms with Gasteiger partial charge >= 0.3 is 18.1 Å². The van der Waals surface area contributed by atoms with Crippen molar-refractivity contribution in [3.63, 3.8) is 0 Å². The molecule has 0 unspecified atom stereocenters. The van der Waals surface area contributed by atoms with E-state index in [1.807, 2.05) is 0 Å². The first-order valence-electron chi connectivity index (χ1n) is 6.11. The SMILES string of the molecule is O=C(OC(=O)[C@@H]1CCCN1)OC(=O)[C@@H]1CCCN1. The highest BCUT2D eigenvalue weighted by Crippen LogP contribution is 2.09. The zero-order valence-corrected chi connectivity index (χ0v) is 9.94. The molecule has 0 saturated carbocycles. The standard InChI is InChI=1S/C11H16N2O5/c14-9(7-3-1-5-12-7)17-11(16)18-10(15)8-4-2-6-13-8/h7-8,12-13H,1-6H2/t7-,8-/m0/s1. The van der Waals surface area contributed by atoms with Gasteiger partial charge in [0.1, 0.15) is 12.1 Å². The molecular formula is C11H16N2O5. The van der Waals surface area contributed by atoms with E-state index >= 15 is 0 Å². The molecule has 2 N–H and O–H groups in total. The van der Waals surface area contributed by atoms with Gasteiger partial charge in [-0.15, -0.1) is 0 Å². The number of esters is 2. The summed E-state index contributed by atoms with van der Waals surface area (Å²) in [5.41, 5.74) is 0. The van der Waals surface area contributed by atoms with E-state index in [1.165, 1.54) is 0 Å². The Hall–Kier alpha value is -1.47. The summed E-state index contributed by atoms with van der Waals surface area (Å²) in [4.78, 5) is 34.1. The molecular weight excluding hydrogens is 240 g/mol. The summed E-state index contributed by atoms with van der Waals surface area (Å²) in [6.45, 7) is 1.44. The summed E-state index contributed by atoms with van der Waals surface area (Å²) in [6.07, 6.45) is 1.74. The van der Waals surface area contributed by atoms with Crippen molar-refractivity contribution in [2.75, 3.05) is 13.1 Å². The van der Waals surface area contributed by atoms with E-state index in [0.29, 0.717) is 12.8 Å². The van der Waals surface area contributed by atoms with Gasteiger partial charge in [-0.1, -0.05) is 0 Å². The van der Waals surface area contributed by atoms with Crippen molar-refractivity contribution in [1.82, 2.24) is 10.6 Å². The topological polar surface area (TPSA) is 93.7 Å². The summed E-state index contributed by atoms with van der Waals surface area (Å²) in [7, 11) is 0. The zero-order chi connectivity index (χ0) is 13.0. The number of nitrogens with one attached hydrogen (secondary N) is 2. The number of carbonyl (C=O) groups is 3. The minimum absolute atomic E-state index is 0.475. The molecule has 2 saturated heterocycles. The van der Waals surface area contributed by atoms with E-state index in [2.05, 4.69) is 20.1 Å². The van der Waals surface area contributed by atoms with Crippen LogP contribution in [0, 0.1) is 0 Å². The minimum atomic E-state index is -1.24. The fourth-order valence-electron chi connectivity index (χ4n) is 2.10. The minimum Gasteiger partial charge on any atom is -0.359 e. The second kappa shape index (κ2) is 5.92. The second-order valence-electron chi connectivity index (χ2n) is 4.39. The lowest BCUT2D eigenvalue weighted by Gasteiger charge is -2.10. The van der Waals surface area contributed by atoms with Crippen LogP contribution in [0.1, 0.15) is 25.7 Å².